The number of nitrogens with zero attached hydrogens (tertiary/aromatic N) is 3. The number of rotatable bonds is 4. The second kappa shape index (κ2) is 6.07. The smallest absolute Gasteiger partial charge is 0.306 e. The maximum absolute atomic E-state index is 12.4. The molecule has 0 saturated heterocycles. The number of hydrogen-bond acceptors (Lipinski definition) is 3. The molecule has 0 spiro atoms. The van der Waals surface area contributed by atoms with E-state index in [1.807, 2.05) is 17.8 Å². The normalized spacial score (nSPS) is 22.5. The molecule has 0 radical (unpaired) electrons. The molecule has 1 fully saturated rings. The van der Waals surface area contributed by atoms with E-state index in [9.17, 15) is 9.59 Å². The summed E-state index contributed by atoms with van der Waals surface area (Å²) in [5.41, 5.74) is 0. The molecule has 0 aromatic carbocycles. The summed E-state index contributed by atoms with van der Waals surface area (Å²) in [6.07, 6.45) is 6.10. The third-order valence-electron chi connectivity index (χ3n) is 4.10. The van der Waals surface area contributed by atoms with Crippen LogP contribution in [0.25, 0.3) is 0 Å². The highest BCUT2D eigenvalue weighted by molar-refractivity contribution is 5.79. The lowest BCUT2D eigenvalue weighted by atomic mass is 9.81. The summed E-state index contributed by atoms with van der Waals surface area (Å²) in [7, 11) is 3.68. The number of aliphatic carboxylic acids is 1. The summed E-state index contributed by atoms with van der Waals surface area (Å²) < 4.78 is 1.89. The van der Waals surface area contributed by atoms with E-state index in [0.29, 0.717) is 32.2 Å². The highest BCUT2D eigenvalue weighted by Gasteiger charge is 2.31. The first-order valence-corrected chi connectivity index (χ1v) is 6.93. The largest absolute Gasteiger partial charge is 0.481 e. The van der Waals surface area contributed by atoms with Gasteiger partial charge in [0, 0.05) is 32.4 Å². The molecular weight excluding hydrogens is 258 g/mol. The van der Waals surface area contributed by atoms with Crippen LogP contribution in [0.1, 0.15) is 31.5 Å². The van der Waals surface area contributed by atoms with Crippen LogP contribution < -0.4 is 0 Å². The van der Waals surface area contributed by atoms with Crippen molar-refractivity contribution in [2.75, 3.05) is 7.05 Å². The van der Waals surface area contributed by atoms with Gasteiger partial charge in [-0.3, -0.25) is 9.59 Å². The van der Waals surface area contributed by atoms with E-state index in [2.05, 4.69) is 4.98 Å². The molecule has 1 aliphatic carbocycles. The van der Waals surface area contributed by atoms with Crippen molar-refractivity contribution in [2.24, 2.45) is 18.9 Å². The molecular formula is C14H21N3O3. The minimum Gasteiger partial charge on any atom is -0.481 e. The molecule has 1 amide bonds. The number of carbonyl (C=O) groups excluding carboxylic acids is 1. The molecule has 1 aromatic heterocycles. The maximum Gasteiger partial charge on any atom is 0.306 e. The molecule has 1 aliphatic rings. The van der Waals surface area contributed by atoms with E-state index < -0.39 is 5.97 Å². The number of carboxylic acids is 1. The number of imidazole rings is 1. The van der Waals surface area contributed by atoms with Gasteiger partial charge in [-0.15, -0.1) is 0 Å². The fourth-order valence-corrected chi connectivity index (χ4v) is 2.74. The van der Waals surface area contributed by atoms with E-state index >= 15 is 0 Å². The van der Waals surface area contributed by atoms with Crippen molar-refractivity contribution < 1.29 is 14.7 Å². The fraction of sp³-hybridized carbons (Fsp3) is 0.643. The van der Waals surface area contributed by atoms with Crippen molar-refractivity contribution in [3.63, 3.8) is 0 Å². The molecule has 1 aromatic rings. The van der Waals surface area contributed by atoms with Gasteiger partial charge in [0.25, 0.3) is 0 Å². The topological polar surface area (TPSA) is 75.4 Å². The molecule has 110 valence electrons. The van der Waals surface area contributed by atoms with Crippen LogP contribution in [-0.2, 0) is 23.2 Å². The Labute approximate surface area is 118 Å². The first-order valence-electron chi connectivity index (χ1n) is 6.93. The fourth-order valence-electron chi connectivity index (χ4n) is 2.74. The van der Waals surface area contributed by atoms with Crippen LogP contribution in [0.4, 0.5) is 0 Å². The summed E-state index contributed by atoms with van der Waals surface area (Å²) in [4.78, 5) is 29.2. The van der Waals surface area contributed by atoms with Crippen LogP contribution in [0.2, 0.25) is 0 Å². The molecule has 6 nitrogen and oxygen atoms in total. The van der Waals surface area contributed by atoms with Crippen molar-refractivity contribution in [2.45, 2.75) is 32.2 Å². The Morgan fingerprint density at radius 2 is 1.95 bits per heavy atom. The molecule has 0 bridgehead atoms. The van der Waals surface area contributed by atoms with Gasteiger partial charge in [0.2, 0.25) is 5.91 Å². The summed E-state index contributed by atoms with van der Waals surface area (Å²) in [5, 5.41) is 8.97. The first kappa shape index (κ1) is 14.6. The summed E-state index contributed by atoms with van der Waals surface area (Å²) in [5.74, 6) is -0.121. The van der Waals surface area contributed by atoms with E-state index in [1.54, 1.807) is 18.1 Å². The average molecular weight is 279 g/mol. The van der Waals surface area contributed by atoms with Crippen LogP contribution in [0.3, 0.4) is 0 Å². The lowest BCUT2D eigenvalue weighted by molar-refractivity contribution is -0.145. The van der Waals surface area contributed by atoms with Gasteiger partial charge in [0.1, 0.15) is 5.82 Å². The Morgan fingerprint density at radius 3 is 2.45 bits per heavy atom. The van der Waals surface area contributed by atoms with E-state index in [0.717, 1.165) is 5.82 Å². The van der Waals surface area contributed by atoms with Crippen LogP contribution in [0.15, 0.2) is 12.4 Å². The molecule has 6 heteroatoms. The monoisotopic (exact) mass is 279 g/mol. The van der Waals surface area contributed by atoms with Gasteiger partial charge < -0.3 is 14.6 Å². The van der Waals surface area contributed by atoms with Crippen molar-refractivity contribution in [3.8, 4) is 0 Å². The average Bonchev–Trinajstić information content (AvgIpc) is 2.83. The quantitative estimate of drug-likeness (QED) is 0.900. The van der Waals surface area contributed by atoms with Crippen LogP contribution in [-0.4, -0.2) is 38.5 Å². The van der Waals surface area contributed by atoms with E-state index in [1.165, 1.54) is 0 Å². The summed E-state index contributed by atoms with van der Waals surface area (Å²) in [6.45, 7) is 0.487. The Hall–Kier alpha value is -1.85. The SMILES string of the molecule is CN(Cc1nccn1C)C(=O)C1CCC(C(=O)O)CC1. The molecule has 1 saturated carbocycles. The molecule has 0 unspecified atom stereocenters. The van der Waals surface area contributed by atoms with Gasteiger partial charge in [-0.05, 0) is 25.7 Å². The molecule has 1 heterocycles. The third kappa shape index (κ3) is 3.18. The Kier molecular flexibility index (Phi) is 4.42. The van der Waals surface area contributed by atoms with Crippen LogP contribution in [0, 0.1) is 11.8 Å². The van der Waals surface area contributed by atoms with Crippen LogP contribution >= 0.6 is 0 Å². The predicted molar refractivity (Wildman–Crippen MR) is 72.8 cm³/mol. The summed E-state index contributed by atoms with van der Waals surface area (Å²) in [6, 6.07) is 0. The second-order valence-corrected chi connectivity index (χ2v) is 5.54. The van der Waals surface area contributed by atoms with Gasteiger partial charge in [0.05, 0.1) is 12.5 Å². The highest BCUT2D eigenvalue weighted by Crippen LogP contribution is 2.30. The number of aromatic nitrogens is 2. The lowest BCUT2D eigenvalue weighted by Crippen LogP contribution is -2.36. The molecule has 20 heavy (non-hydrogen) atoms. The van der Waals surface area contributed by atoms with Gasteiger partial charge in [-0.1, -0.05) is 0 Å². The zero-order valence-corrected chi connectivity index (χ0v) is 12.0. The number of aryl methyl sites for hydroxylation is 1. The Morgan fingerprint density at radius 1 is 1.35 bits per heavy atom. The molecule has 0 atom stereocenters. The minimum atomic E-state index is -0.739. The zero-order chi connectivity index (χ0) is 14.7. The van der Waals surface area contributed by atoms with Gasteiger partial charge in [-0.25, -0.2) is 4.98 Å². The third-order valence-corrected chi connectivity index (χ3v) is 4.10. The Bertz CT molecular complexity index is 490. The number of carbonyl (C=O) groups is 2. The Balaban J connectivity index is 1.88. The van der Waals surface area contributed by atoms with Gasteiger partial charge >= 0.3 is 5.97 Å². The minimum absolute atomic E-state index is 0.0455. The lowest BCUT2D eigenvalue weighted by Gasteiger charge is -2.28. The molecule has 1 N–H and O–H groups in total. The second-order valence-electron chi connectivity index (χ2n) is 5.54. The van der Waals surface area contributed by atoms with Gasteiger partial charge in [-0.2, -0.15) is 0 Å². The summed E-state index contributed by atoms with van der Waals surface area (Å²) >= 11 is 0. The van der Waals surface area contributed by atoms with Gasteiger partial charge in [0.15, 0.2) is 0 Å². The maximum atomic E-state index is 12.4. The zero-order valence-electron chi connectivity index (χ0n) is 12.0. The van der Waals surface area contributed by atoms with Crippen molar-refractivity contribution in [1.82, 2.24) is 14.5 Å². The van der Waals surface area contributed by atoms with E-state index in [-0.39, 0.29) is 17.7 Å². The predicted octanol–water partition coefficient (Wildman–Crippen LogP) is 1.27. The first-order chi connectivity index (χ1) is 9.49. The standard InChI is InChI=1S/C14H21N3O3/c1-16-8-7-15-12(16)9-17(2)13(18)10-3-5-11(6-4-10)14(19)20/h7-8,10-11H,3-6,9H2,1-2H3,(H,19,20). The van der Waals surface area contributed by atoms with Crippen LogP contribution in [0.5, 0.6) is 0 Å². The number of carboxylic acid groups (broad SMARTS) is 1. The van der Waals surface area contributed by atoms with E-state index in [4.69, 9.17) is 5.11 Å². The van der Waals surface area contributed by atoms with Crippen molar-refractivity contribution >= 4 is 11.9 Å². The number of amides is 1. The molecule has 0 aliphatic heterocycles. The van der Waals surface area contributed by atoms with Crippen molar-refractivity contribution in [1.29, 1.82) is 0 Å². The molecule has 2 rings (SSSR count). The van der Waals surface area contributed by atoms with Crippen molar-refractivity contribution in [3.05, 3.63) is 18.2 Å². The highest BCUT2D eigenvalue weighted by atomic mass is 16.4. The number of hydrogen-bond donors (Lipinski definition) is 1.